The van der Waals surface area contributed by atoms with Crippen molar-refractivity contribution in [3.8, 4) is 0 Å². The van der Waals surface area contributed by atoms with E-state index in [4.69, 9.17) is 4.74 Å². The molecule has 110 valence electrons. The molecule has 1 amide bonds. The van der Waals surface area contributed by atoms with Crippen molar-refractivity contribution in [3.63, 3.8) is 0 Å². The third-order valence-electron chi connectivity index (χ3n) is 2.44. The van der Waals surface area contributed by atoms with E-state index in [1.807, 2.05) is 46.9 Å². The molecular formula is C14H27N3O2. The summed E-state index contributed by atoms with van der Waals surface area (Å²) in [6.07, 6.45) is 3.89. The molecule has 0 spiro atoms. The molecule has 0 aromatic carbocycles. The van der Waals surface area contributed by atoms with Gasteiger partial charge in [-0.3, -0.25) is 10.2 Å². The second-order valence-corrected chi connectivity index (χ2v) is 3.83. The van der Waals surface area contributed by atoms with E-state index in [9.17, 15) is 4.79 Å². The molecule has 0 saturated carbocycles. The zero-order valence-corrected chi connectivity index (χ0v) is 12.9. The third kappa shape index (κ3) is 5.68. The number of ether oxygens (including phenoxy) is 1. The fourth-order valence-electron chi connectivity index (χ4n) is 1.52. The first-order valence-corrected chi connectivity index (χ1v) is 6.97. The number of nitrogens with zero attached hydrogens (tertiary/aromatic N) is 1. The van der Waals surface area contributed by atoms with Gasteiger partial charge >= 0.3 is 0 Å². The summed E-state index contributed by atoms with van der Waals surface area (Å²) in [4.78, 5) is 12.7. The summed E-state index contributed by atoms with van der Waals surface area (Å²) in [5.41, 5.74) is 6.89. The predicted molar refractivity (Wildman–Crippen MR) is 77.9 cm³/mol. The van der Waals surface area contributed by atoms with Crippen molar-refractivity contribution in [3.05, 3.63) is 23.7 Å². The summed E-state index contributed by atoms with van der Waals surface area (Å²) in [5, 5.41) is 0. The van der Waals surface area contributed by atoms with Gasteiger partial charge in [0.2, 0.25) is 11.8 Å². The first-order chi connectivity index (χ1) is 9.15. The number of hydrazine groups is 1. The highest BCUT2D eigenvalue weighted by atomic mass is 16.5. The van der Waals surface area contributed by atoms with E-state index in [-0.39, 0.29) is 12.0 Å². The molecule has 5 nitrogen and oxygen atoms in total. The van der Waals surface area contributed by atoms with Gasteiger partial charge in [-0.1, -0.05) is 27.7 Å². The molecule has 19 heavy (non-hydrogen) atoms. The van der Waals surface area contributed by atoms with Gasteiger partial charge in [-0.05, 0) is 12.5 Å². The van der Waals surface area contributed by atoms with E-state index in [1.54, 1.807) is 11.8 Å². The summed E-state index contributed by atoms with van der Waals surface area (Å²) in [5.74, 6) is 0.817. The first-order valence-electron chi connectivity index (χ1n) is 6.97. The van der Waals surface area contributed by atoms with Crippen molar-refractivity contribution in [2.45, 2.75) is 47.6 Å². The number of allylic oxidation sites excluding steroid dienone is 2. The molecule has 0 radical (unpaired) electrons. The predicted octanol–water partition coefficient (Wildman–Crippen LogP) is 2.14. The maximum Gasteiger partial charge on any atom is 0.219 e. The number of nitrogens with one attached hydrogen (secondary N) is 2. The maximum atomic E-state index is 10.9. The van der Waals surface area contributed by atoms with Crippen LogP contribution in [0.25, 0.3) is 0 Å². The molecule has 1 fully saturated rings. The van der Waals surface area contributed by atoms with Crippen molar-refractivity contribution in [1.29, 1.82) is 0 Å². The average Bonchev–Trinajstić information content (AvgIpc) is 2.38. The van der Waals surface area contributed by atoms with Crippen LogP contribution in [-0.2, 0) is 9.53 Å². The lowest BCUT2D eigenvalue weighted by molar-refractivity contribution is -0.140. The number of carbonyl (C=O) groups is 1. The zero-order valence-electron chi connectivity index (χ0n) is 12.9. The fourth-order valence-corrected chi connectivity index (χ4v) is 1.52. The van der Waals surface area contributed by atoms with Gasteiger partial charge in [-0.15, -0.1) is 0 Å². The number of hydrogen-bond donors (Lipinski definition) is 2. The maximum absolute atomic E-state index is 10.9. The van der Waals surface area contributed by atoms with Gasteiger partial charge in [0, 0.05) is 19.2 Å². The molecule has 5 heteroatoms. The van der Waals surface area contributed by atoms with Crippen LogP contribution in [0.3, 0.4) is 0 Å². The average molecular weight is 269 g/mol. The minimum absolute atomic E-state index is 0.106. The molecule has 0 bridgehead atoms. The first kappa shape index (κ1) is 17.4. The number of amides is 1. The molecule has 0 aromatic rings. The highest BCUT2D eigenvalue weighted by molar-refractivity contribution is 5.74. The quantitative estimate of drug-likeness (QED) is 0.806. The van der Waals surface area contributed by atoms with E-state index in [0.717, 1.165) is 5.57 Å². The molecule has 2 N–H and O–H groups in total. The standard InChI is InChI=1S/C10H15N3O2.2C2H6/c1-7-3-10(12-11-4-7)15-9-5-13(6-9)8(2)14;2*1-2/h3-4,9,11-12H,5-6H2,1-2H3;2*1-2H3. The molecule has 2 rings (SSSR count). The summed E-state index contributed by atoms with van der Waals surface area (Å²) in [7, 11) is 0. The monoisotopic (exact) mass is 269 g/mol. The summed E-state index contributed by atoms with van der Waals surface area (Å²) in [6.45, 7) is 12.9. The SMILES string of the molecule is CC.CC.CC(=O)N1CC(OC2=CC(C)=CNN2)C1. The Kier molecular flexibility index (Phi) is 8.49. The molecule has 2 aliphatic rings. The summed E-state index contributed by atoms with van der Waals surface area (Å²) >= 11 is 0. The van der Waals surface area contributed by atoms with Crippen LogP contribution in [0.1, 0.15) is 41.5 Å². The van der Waals surface area contributed by atoms with Gasteiger partial charge in [0.15, 0.2) is 0 Å². The molecule has 0 atom stereocenters. The van der Waals surface area contributed by atoms with Crippen LogP contribution in [0, 0.1) is 0 Å². The van der Waals surface area contributed by atoms with Crippen LogP contribution in [0.5, 0.6) is 0 Å². The molecule has 0 unspecified atom stereocenters. The van der Waals surface area contributed by atoms with Crippen LogP contribution >= 0.6 is 0 Å². The normalized spacial score (nSPS) is 16.8. The Morgan fingerprint density at radius 2 is 1.89 bits per heavy atom. The molecule has 0 aromatic heterocycles. The Labute approximate surface area is 116 Å². The highest BCUT2D eigenvalue weighted by Gasteiger charge is 2.30. The number of hydrogen-bond acceptors (Lipinski definition) is 4. The van der Waals surface area contributed by atoms with Crippen molar-refractivity contribution in [2.75, 3.05) is 13.1 Å². The number of rotatable bonds is 2. The van der Waals surface area contributed by atoms with Crippen LogP contribution < -0.4 is 10.9 Å². The van der Waals surface area contributed by atoms with E-state index in [2.05, 4.69) is 10.9 Å². The Morgan fingerprint density at radius 3 is 2.37 bits per heavy atom. The van der Waals surface area contributed by atoms with Gasteiger partial charge in [-0.2, -0.15) is 0 Å². The van der Waals surface area contributed by atoms with Crippen LogP contribution in [0.4, 0.5) is 0 Å². The largest absolute Gasteiger partial charge is 0.471 e. The van der Waals surface area contributed by atoms with Crippen molar-refractivity contribution in [1.82, 2.24) is 15.8 Å². The van der Waals surface area contributed by atoms with E-state index < -0.39 is 0 Å². The second kappa shape index (κ2) is 9.30. The van der Waals surface area contributed by atoms with Crippen molar-refractivity contribution in [2.24, 2.45) is 0 Å². The van der Waals surface area contributed by atoms with E-state index >= 15 is 0 Å². The summed E-state index contributed by atoms with van der Waals surface area (Å²) in [6, 6.07) is 0. The lowest BCUT2D eigenvalue weighted by Crippen LogP contribution is -2.54. The number of likely N-dealkylation sites (tertiary alicyclic amines) is 1. The lowest BCUT2D eigenvalue weighted by atomic mass is 10.1. The topological polar surface area (TPSA) is 53.6 Å². The van der Waals surface area contributed by atoms with Crippen molar-refractivity contribution < 1.29 is 9.53 Å². The molecule has 2 aliphatic heterocycles. The minimum atomic E-state index is 0.106. The van der Waals surface area contributed by atoms with Crippen LogP contribution in [0.15, 0.2) is 23.7 Å². The molecule has 2 heterocycles. The van der Waals surface area contributed by atoms with Crippen LogP contribution in [0.2, 0.25) is 0 Å². The lowest BCUT2D eigenvalue weighted by Gasteiger charge is -2.39. The third-order valence-corrected chi connectivity index (χ3v) is 2.44. The van der Waals surface area contributed by atoms with Crippen molar-refractivity contribution >= 4 is 5.91 Å². The number of carbonyl (C=O) groups excluding carboxylic acids is 1. The molecule has 0 aliphatic carbocycles. The fraction of sp³-hybridized carbons (Fsp3) is 0.643. The Hall–Kier alpha value is -1.65. The smallest absolute Gasteiger partial charge is 0.219 e. The van der Waals surface area contributed by atoms with Gasteiger partial charge in [-0.25, -0.2) is 0 Å². The van der Waals surface area contributed by atoms with E-state index in [1.165, 1.54) is 0 Å². The van der Waals surface area contributed by atoms with Gasteiger partial charge in [0.1, 0.15) is 6.10 Å². The Bertz CT molecular complexity index is 332. The van der Waals surface area contributed by atoms with Gasteiger partial charge in [0.05, 0.1) is 13.1 Å². The molecule has 1 saturated heterocycles. The van der Waals surface area contributed by atoms with Gasteiger partial charge < -0.3 is 15.1 Å². The summed E-state index contributed by atoms with van der Waals surface area (Å²) < 4.78 is 5.63. The van der Waals surface area contributed by atoms with E-state index in [0.29, 0.717) is 19.0 Å². The zero-order chi connectivity index (χ0) is 14.8. The van der Waals surface area contributed by atoms with Gasteiger partial charge in [0.25, 0.3) is 0 Å². The van der Waals surface area contributed by atoms with Crippen LogP contribution in [-0.4, -0.2) is 30.0 Å². The highest BCUT2D eigenvalue weighted by Crippen LogP contribution is 2.15. The second-order valence-electron chi connectivity index (χ2n) is 3.83. The molecular weight excluding hydrogens is 242 g/mol. The Balaban J connectivity index is 0.000000741. The Morgan fingerprint density at radius 1 is 1.32 bits per heavy atom. The minimum Gasteiger partial charge on any atom is -0.471 e.